The molecule has 2 aromatic rings. The van der Waals surface area contributed by atoms with Crippen LogP contribution in [0.4, 0.5) is 9.18 Å². The van der Waals surface area contributed by atoms with Crippen molar-refractivity contribution in [2.75, 3.05) is 0 Å². The normalized spacial score (nSPS) is 21.3. The van der Waals surface area contributed by atoms with Crippen LogP contribution in [0.1, 0.15) is 56.0 Å². The minimum Gasteiger partial charge on any atom is -0.444 e. The molecule has 1 saturated heterocycles. The Hall–Kier alpha value is -3.93. The van der Waals surface area contributed by atoms with Gasteiger partial charge in [0, 0.05) is 18.0 Å². The Balaban J connectivity index is 1.46. The average Bonchev–Trinajstić information content (AvgIpc) is 3.45. The quantitative estimate of drug-likeness (QED) is 0.614. The van der Waals surface area contributed by atoms with Gasteiger partial charge in [0.15, 0.2) is 0 Å². The molecule has 9 heteroatoms. The molecule has 2 bridgehead atoms. The van der Waals surface area contributed by atoms with Crippen LogP contribution in [0, 0.1) is 23.1 Å². The van der Waals surface area contributed by atoms with Crippen LogP contribution in [-0.4, -0.2) is 46.5 Å². The van der Waals surface area contributed by atoms with Crippen molar-refractivity contribution in [2.24, 2.45) is 11.7 Å². The molecule has 1 aliphatic heterocycles. The van der Waals surface area contributed by atoms with Gasteiger partial charge in [-0.15, -0.1) is 0 Å². The molecule has 0 unspecified atom stereocenters. The highest BCUT2D eigenvalue weighted by Gasteiger charge is 2.52. The molecule has 8 nitrogen and oxygen atoms in total. The maximum atomic E-state index is 15.0. The van der Waals surface area contributed by atoms with Crippen molar-refractivity contribution in [3.05, 3.63) is 59.4 Å². The number of halogens is 1. The molecule has 194 valence electrons. The highest BCUT2D eigenvalue weighted by molar-refractivity contribution is 5.94. The van der Waals surface area contributed by atoms with Crippen molar-refractivity contribution in [2.45, 2.75) is 70.2 Å². The first-order chi connectivity index (χ1) is 17.5. The number of rotatable bonds is 6. The molecule has 3 amide bonds. The van der Waals surface area contributed by atoms with Crippen molar-refractivity contribution in [3.63, 3.8) is 0 Å². The molecule has 4 atom stereocenters. The molecule has 2 fully saturated rings. The number of carbonyl (C=O) groups is 3. The zero-order chi connectivity index (χ0) is 26.9. The fourth-order valence-electron chi connectivity index (χ4n) is 5.25. The third kappa shape index (κ3) is 5.74. The van der Waals surface area contributed by atoms with E-state index in [2.05, 4.69) is 5.32 Å². The Morgan fingerprint density at radius 2 is 1.92 bits per heavy atom. The number of primary amides is 1. The summed E-state index contributed by atoms with van der Waals surface area (Å²) in [5.41, 5.74) is 6.40. The molecule has 1 heterocycles. The van der Waals surface area contributed by atoms with Crippen molar-refractivity contribution in [1.82, 2.24) is 10.2 Å². The van der Waals surface area contributed by atoms with Crippen LogP contribution < -0.4 is 11.1 Å². The van der Waals surface area contributed by atoms with E-state index in [1.54, 1.807) is 57.2 Å². The van der Waals surface area contributed by atoms with Gasteiger partial charge in [0.25, 0.3) is 0 Å². The summed E-state index contributed by atoms with van der Waals surface area (Å²) in [4.78, 5) is 39.1. The summed E-state index contributed by atoms with van der Waals surface area (Å²) in [6.07, 6.45) is 1.79. The molecular formula is C28H31FN4O4. The first kappa shape index (κ1) is 26.1. The summed E-state index contributed by atoms with van der Waals surface area (Å²) in [7, 11) is 0. The van der Waals surface area contributed by atoms with E-state index < -0.39 is 41.4 Å². The van der Waals surface area contributed by atoms with Crippen LogP contribution in [0.5, 0.6) is 0 Å². The van der Waals surface area contributed by atoms with Crippen molar-refractivity contribution in [3.8, 4) is 17.2 Å². The van der Waals surface area contributed by atoms with Crippen molar-refractivity contribution >= 4 is 17.9 Å². The molecule has 2 aromatic carbocycles. The largest absolute Gasteiger partial charge is 0.444 e. The zero-order valence-corrected chi connectivity index (χ0v) is 21.2. The summed E-state index contributed by atoms with van der Waals surface area (Å²) in [5, 5.41) is 12.4. The van der Waals surface area contributed by atoms with E-state index in [1.165, 1.54) is 11.0 Å². The third-order valence-electron chi connectivity index (χ3n) is 6.89. The lowest BCUT2D eigenvalue weighted by molar-refractivity contribution is -0.128. The fraction of sp³-hybridized carbons (Fsp3) is 0.429. The van der Waals surface area contributed by atoms with Crippen LogP contribution in [0.2, 0.25) is 0 Å². The molecular weight excluding hydrogens is 475 g/mol. The molecule has 0 aromatic heterocycles. The summed E-state index contributed by atoms with van der Waals surface area (Å²) >= 11 is 0. The van der Waals surface area contributed by atoms with E-state index >= 15 is 0 Å². The fourth-order valence-corrected chi connectivity index (χ4v) is 5.25. The van der Waals surface area contributed by atoms with Gasteiger partial charge in [-0.25, -0.2) is 9.18 Å². The van der Waals surface area contributed by atoms with E-state index in [0.29, 0.717) is 16.7 Å². The summed E-state index contributed by atoms with van der Waals surface area (Å²) < 4.78 is 20.5. The molecule has 37 heavy (non-hydrogen) atoms. The molecule has 2 aliphatic rings. The summed E-state index contributed by atoms with van der Waals surface area (Å²) in [6.45, 7) is 5.32. The Morgan fingerprint density at radius 1 is 1.19 bits per heavy atom. The maximum absolute atomic E-state index is 15.0. The van der Waals surface area contributed by atoms with Gasteiger partial charge in [0.05, 0.1) is 6.07 Å². The lowest BCUT2D eigenvalue weighted by Gasteiger charge is -2.35. The van der Waals surface area contributed by atoms with E-state index in [1.807, 2.05) is 6.07 Å². The monoisotopic (exact) mass is 506 g/mol. The minimum atomic E-state index is -0.981. The van der Waals surface area contributed by atoms with Crippen molar-refractivity contribution in [1.29, 1.82) is 5.26 Å². The topological polar surface area (TPSA) is 126 Å². The maximum Gasteiger partial charge on any atom is 0.411 e. The van der Waals surface area contributed by atoms with Gasteiger partial charge < -0.3 is 15.8 Å². The van der Waals surface area contributed by atoms with Gasteiger partial charge in [0.1, 0.15) is 23.5 Å². The minimum absolute atomic E-state index is 0.00375. The molecule has 4 rings (SSSR count). The Kier molecular flexibility index (Phi) is 7.21. The van der Waals surface area contributed by atoms with E-state index in [0.717, 1.165) is 19.3 Å². The van der Waals surface area contributed by atoms with Crippen LogP contribution in [-0.2, 0) is 16.0 Å². The SMILES string of the molecule is CC(C)(C)OC(=O)N1[C@@H]2CC[C@@H](C2)[C@H]1C(=O)N[C@H](C#N)Cc1ccc(-c2cccc(C(N)=O)c2)cc1F. The number of piperidine rings is 1. The molecule has 0 radical (unpaired) electrons. The Morgan fingerprint density at radius 3 is 2.57 bits per heavy atom. The second kappa shape index (κ2) is 10.2. The van der Waals surface area contributed by atoms with Gasteiger partial charge in [-0.2, -0.15) is 5.26 Å². The highest BCUT2D eigenvalue weighted by Crippen LogP contribution is 2.43. The molecule has 1 aliphatic carbocycles. The number of nitriles is 1. The van der Waals surface area contributed by atoms with E-state index in [9.17, 15) is 24.0 Å². The average molecular weight is 507 g/mol. The standard InChI is InChI=1S/C28H31FN4O4/c1-28(2,3)37-27(36)33-22-10-9-19(13-22)24(33)26(35)32-21(15-30)12-18-8-7-17(14-23(18)29)16-5-4-6-20(11-16)25(31)34/h4-8,11,14,19,21-22,24H,9-10,12-13H2,1-3H3,(H2,31,34)(H,32,35)/t19-,21-,22+,24-/m0/s1. The first-order valence-electron chi connectivity index (χ1n) is 12.4. The van der Waals surface area contributed by atoms with Gasteiger partial charge in [-0.3, -0.25) is 14.5 Å². The molecule has 3 N–H and O–H groups in total. The van der Waals surface area contributed by atoms with Gasteiger partial charge in [0.2, 0.25) is 11.8 Å². The van der Waals surface area contributed by atoms with Gasteiger partial charge in [-0.1, -0.05) is 24.3 Å². The van der Waals surface area contributed by atoms with Gasteiger partial charge in [-0.05, 0) is 80.8 Å². The lowest BCUT2D eigenvalue weighted by atomic mass is 9.96. The first-order valence-corrected chi connectivity index (χ1v) is 12.4. The number of carbonyl (C=O) groups excluding carboxylic acids is 3. The van der Waals surface area contributed by atoms with Gasteiger partial charge >= 0.3 is 6.09 Å². The number of hydrogen-bond donors (Lipinski definition) is 2. The number of fused-ring (bicyclic) bond motifs is 2. The second-order valence-corrected chi connectivity index (χ2v) is 10.7. The van der Waals surface area contributed by atoms with Crippen LogP contribution >= 0.6 is 0 Å². The molecule has 0 spiro atoms. The van der Waals surface area contributed by atoms with E-state index in [-0.39, 0.29) is 23.9 Å². The number of nitrogens with one attached hydrogen (secondary N) is 1. The number of benzene rings is 2. The Bertz CT molecular complexity index is 1270. The van der Waals surface area contributed by atoms with Crippen LogP contribution in [0.3, 0.4) is 0 Å². The predicted octanol–water partition coefficient (Wildman–Crippen LogP) is 3.93. The Labute approximate surface area is 215 Å². The smallest absolute Gasteiger partial charge is 0.411 e. The highest BCUT2D eigenvalue weighted by atomic mass is 19.1. The zero-order valence-electron chi connectivity index (χ0n) is 21.2. The number of ether oxygens (including phenoxy) is 1. The summed E-state index contributed by atoms with van der Waals surface area (Å²) in [5.74, 6) is -1.53. The number of likely N-dealkylation sites (tertiary alicyclic amines) is 1. The second-order valence-electron chi connectivity index (χ2n) is 10.7. The number of amides is 3. The third-order valence-corrected chi connectivity index (χ3v) is 6.89. The number of hydrogen-bond acceptors (Lipinski definition) is 5. The van der Waals surface area contributed by atoms with Crippen LogP contribution in [0.15, 0.2) is 42.5 Å². The lowest BCUT2D eigenvalue weighted by Crippen LogP contribution is -2.55. The number of nitrogens with two attached hydrogens (primary N) is 1. The van der Waals surface area contributed by atoms with E-state index in [4.69, 9.17) is 10.5 Å². The van der Waals surface area contributed by atoms with Crippen molar-refractivity contribution < 1.29 is 23.5 Å². The summed E-state index contributed by atoms with van der Waals surface area (Å²) in [6, 6.07) is 11.4. The number of nitrogens with zero attached hydrogens (tertiary/aromatic N) is 2. The van der Waals surface area contributed by atoms with Crippen LogP contribution in [0.25, 0.3) is 11.1 Å². The predicted molar refractivity (Wildman–Crippen MR) is 135 cm³/mol. The molecule has 1 saturated carbocycles.